The Hall–Kier alpha value is -3.04. The van der Waals surface area contributed by atoms with Gasteiger partial charge in [-0.25, -0.2) is 4.98 Å². The summed E-state index contributed by atoms with van der Waals surface area (Å²) in [5.41, 5.74) is 0.340. The van der Waals surface area contributed by atoms with Gasteiger partial charge in [-0.05, 0) is 32.3 Å². The molecule has 142 valence electrons. The molecule has 1 amide bonds. The maximum Gasteiger partial charge on any atom is 0.305 e. The van der Waals surface area contributed by atoms with Gasteiger partial charge in [0.05, 0.1) is 11.5 Å². The van der Waals surface area contributed by atoms with Gasteiger partial charge >= 0.3 is 5.97 Å². The van der Waals surface area contributed by atoms with Crippen LogP contribution >= 0.6 is 0 Å². The van der Waals surface area contributed by atoms with Crippen LogP contribution in [0.2, 0.25) is 0 Å². The quantitative estimate of drug-likeness (QED) is 0.129. The number of pyridine rings is 1. The number of nitrogens with zero attached hydrogens (tertiary/aromatic N) is 3. The lowest BCUT2D eigenvalue weighted by atomic mass is 10.1. The second-order valence-electron chi connectivity index (χ2n) is 5.48. The molecule has 0 saturated carbocycles. The van der Waals surface area contributed by atoms with E-state index in [9.17, 15) is 19.7 Å². The number of nitro groups is 1. The molecular weight excluding hydrogens is 344 g/mol. The van der Waals surface area contributed by atoms with Crippen LogP contribution in [0.3, 0.4) is 0 Å². The molecule has 2 N–H and O–H groups in total. The summed E-state index contributed by atoms with van der Waals surface area (Å²) >= 11 is 0. The van der Waals surface area contributed by atoms with E-state index in [1.807, 2.05) is 0 Å². The van der Waals surface area contributed by atoms with Gasteiger partial charge in [0.25, 0.3) is 5.69 Å². The molecule has 0 atom stereocenters. The molecule has 0 saturated heterocycles. The van der Waals surface area contributed by atoms with Crippen molar-refractivity contribution in [3.8, 4) is 0 Å². The minimum absolute atomic E-state index is 0.147. The highest BCUT2D eigenvalue weighted by atomic mass is 16.6. The monoisotopic (exact) mass is 366 g/mol. The summed E-state index contributed by atoms with van der Waals surface area (Å²) in [6.07, 6.45) is 3.35. The number of oxime groups is 1. The van der Waals surface area contributed by atoms with Crippen molar-refractivity contribution in [3.05, 3.63) is 33.6 Å². The first-order chi connectivity index (χ1) is 12.4. The molecule has 0 aliphatic rings. The molecule has 1 aromatic rings. The maximum atomic E-state index is 11.9. The lowest BCUT2D eigenvalue weighted by Crippen LogP contribution is -2.32. The molecule has 10 nitrogen and oxygen atoms in total. The van der Waals surface area contributed by atoms with Gasteiger partial charge in [0.15, 0.2) is 5.84 Å². The van der Waals surface area contributed by atoms with Crippen molar-refractivity contribution >= 4 is 23.4 Å². The van der Waals surface area contributed by atoms with Crippen LogP contribution in [0.5, 0.6) is 0 Å². The lowest BCUT2D eigenvalue weighted by molar-refractivity contribution is -0.385. The summed E-state index contributed by atoms with van der Waals surface area (Å²) in [4.78, 5) is 37.1. The minimum atomic E-state index is -0.589. The second kappa shape index (κ2) is 10.7. The third-order valence-corrected chi connectivity index (χ3v) is 3.45. The third-order valence-electron chi connectivity index (χ3n) is 3.45. The van der Waals surface area contributed by atoms with Crippen molar-refractivity contribution in [1.82, 2.24) is 10.3 Å². The molecule has 0 radical (unpaired) electrons. The summed E-state index contributed by atoms with van der Waals surface area (Å²) in [6, 6.07) is 1.27. The van der Waals surface area contributed by atoms with Crippen LogP contribution < -0.4 is 5.32 Å². The Morgan fingerprint density at radius 3 is 2.62 bits per heavy atom. The van der Waals surface area contributed by atoms with E-state index in [1.165, 1.54) is 6.07 Å². The fraction of sp³-hybridized carbons (Fsp3) is 0.500. The van der Waals surface area contributed by atoms with Crippen LogP contribution in [0.25, 0.3) is 0 Å². The molecule has 0 aliphatic carbocycles. The molecule has 10 heteroatoms. The molecule has 0 bridgehead atoms. The number of carbonyl (C=O) groups is 2. The molecule has 0 fully saturated rings. The highest BCUT2D eigenvalue weighted by Gasteiger charge is 2.16. The smallest absolute Gasteiger partial charge is 0.305 e. The number of amidine groups is 1. The number of rotatable bonds is 9. The van der Waals surface area contributed by atoms with Gasteiger partial charge in [-0.1, -0.05) is 11.6 Å². The molecule has 1 aromatic heterocycles. The van der Waals surface area contributed by atoms with Gasteiger partial charge in [-0.2, -0.15) is 0 Å². The normalized spacial score (nSPS) is 11.1. The van der Waals surface area contributed by atoms with Crippen LogP contribution in [0.4, 0.5) is 5.69 Å². The van der Waals surface area contributed by atoms with Crippen molar-refractivity contribution in [3.63, 3.8) is 0 Å². The van der Waals surface area contributed by atoms with Crippen molar-refractivity contribution < 1.29 is 24.5 Å². The fourth-order valence-electron chi connectivity index (χ4n) is 2.20. The summed E-state index contributed by atoms with van der Waals surface area (Å²) in [5.74, 6) is -0.811. The van der Waals surface area contributed by atoms with Crippen molar-refractivity contribution in [1.29, 1.82) is 0 Å². The van der Waals surface area contributed by atoms with Crippen LogP contribution in [-0.4, -0.2) is 39.4 Å². The van der Waals surface area contributed by atoms with Crippen molar-refractivity contribution in [2.75, 3.05) is 6.61 Å². The number of aryl methyl sites for hydroxylation is 1. The molecular formula is C16H22N4O6. The van der Waals surface area contributed by atoms with Crippen LogP contribution in [0, 0.1) is 17.0 Å². The summed E-state index contributed by atoms with van der Waals surface area (Å²) in [6.45, 7) is 3.65. The Morgan fingerprint density at radius 1 is 1.35 bits per heavy atom. The number of hydrogen-bond acceptors (Lipinski definition) is 8. The molecule has 0 aliphatic heterocycles. The number of nitrogens with one attached hydrogen (secondary N) is 1. The number of hydrogen-bond donors (Lipinski definition) is 2. The Labute approximate surface area is 150 Å². The third kappa shape index (κ3) is 6.83. The highest BCUT2D eigenvalue weighted by Crippen LogP contribution is 2.14. The first-order valence-corrected chi connectivity index (χ1v) is 8.18. The van der Waals surface area contributed by atoms with E-state index in [0.29, 0.717) is 37.9 Å². The zero-order valence-electron chi connectivity index (χ0n) is 14.7. The summed E-state index contributed by atoms with van der Waals surface area (Å²) in [7, 11) is 0. The molecule has 0 spiro atoms. The van der Waals surface area contributed by atoms with Gasteiger partial charge in [0.1, 0.15) is 11.9 Å². The Bertz CT molecular complexity index is 689. The van der Waals surface area contributed by atoms with E-state index in [-0.39, 0.29) is 35.5 Å². The van der Waals surface area contributed by atoms with Gasteiger partial charge < -0.3 is 15.3 Å². The topological polar surface area (TPSA) is 144 Å². The Kier molecular flexibility index (Phi) is 8.68. The highest BCUT2D eigenvalue weighted by molar-refractivity contribution is 6.07. The first kappa shape index (κ1) is 21.0. The second-order valence-corrected chi connectivity index (χ2v) is 5.48. The largest absolute Gasteiger partial charge is 0.466 e. The number of ether oxygens (including phenoxy) is 1. The molecule has 1 heterocycles. The predicted octanol–water partition coefficient (Wildman–Crippen LogP) is 2.06. The number of unbranched alkanes of at least 4 members (excludes halogenated alkanes) is 2. The fourth-order valence-corrected chi connectivity index (χ4v) is 2.20. The Morgan fingerprint density at radius 2 is 2.04 bits per heavy atom. The zero-order valence-corrected chi connectivity index (χ0v) is 14.7. The van der Waals surface area contributed by atoms with Crippen LogP contribution in [0.15, 0.2) is 17.4 Å². The molecule has 26 heavy (non-hydrogen) atoms. The van der Waals surface area contributed by atoms with Gasteiger partial charge in [0.2, 0.25) is 5.91 Å². The van der Waals surface area contributed by atoms with Gasteiger partial charge in [-0.15, -0.1) is 0 Å². The summed E-state index contributed by atoms with van der Waals surface area (Å²) in [5, 5.41) is 25.3. The van der Waals surface area contributed by atoms with E-state index in [0.717, 1.165) is 6.20 Å². The number of amides is 1. The zero-order chi connectivity index (χ0) is 19.5. The van der Waals surface area contributed by atoms with E-state index >= 15 is 0 Å². The van der Waals surface area contributed by atoms with Crippen molar-refractivity contribution in [2.45, 2.75) is 46.0 Å². The Balaban J connectivity index is 2.49. The van der Waals surface area contributed by atoms with E-state index < -0.39 is 4.92 Å². The SMILES string of the molecule is CCOC(=O)CCCCCC(=O)N/C(=N/O)c1ncc([N+](=O)[O-])cc1C. The van der Waals surface area contributed by atoms with Gasteiger partial charge in [0, 0.05) is 18.9 Å². The summed E-state index contributed by atoms with van der Waals surface area (Å²) < 4.78 is 4.81. The average molecular weight is 366 g/mol. The lowest BCUT2D eigenvalue weighted by Gasteiger charge is -2.08. The first-order valence-electron chi connectivity index (χ1n) is 8.18. The van der Waals surface area contributed by atoms with Crippen LogP contribution in [-0.2, 0) is 14.3 Å². The van der Waals surface area contributed by atoms with E-state index in [1.54, 1.807) is 13.8 Å². The molecule has 0 aromatic carbocycles. The number of aromatic nitrogens is 1. The molecule has 0 unspecified atom stereocenters. The van der Waals surface area contributed by atoms with E-state index in [2.05, 4.69) is 15.5 Å². The van der Waals surface area contributed by atoms with E-state index in [4.69, 9.17) is 9.94 Å². The van der Waals surface area contributed by atoms with Crippen LogP contribution in [0.1, 0.15) is 50.3 Å². The van der Waals surface area contributed by atoms with Gasteiger partial charge in [-0.3, -0.25) is 19.7 Å². The standard InChI is InChI=1S/C16H22N4O6/c1-3-26-14(22)8-6-4-5-7-13(21)18-16(19-23)15-11(2)9-12(10-17-15)20(24)25/h9-10,23H,3-8H2,1-2H3,(H,18,19,21). The predicted molar refractivity (Wildman–Crippen MR) is 91.8 cm³/mol. The average Bonchev–Trinajstić information content (AvgIpc) is 2.59. The minimum Gasteiger partial charge on any atom is -0.466 e. The van der Waals surface area contributed by atoms with Crippen molar-refractivity contribution in [2.24, 2.45) is 5.16 Å². The number of esters is 1. The number of carbonyl (C=O) groups excluding carboxylic acids is 2. The molecule has 1 rings (SSSR count). The maximum absolute atomic E-state index is 11.9.